The molecule has 0 fully saturated rings. The standard InChI is InChI=1S/C26H23ClN2O4S/c1-16-4-8-20(9-5-16)24-18(3)26(31)29(34(24,32)33)15-19-6-10-21(11-7-19)25(30)28-23-13-12-22(27)14-17(23)2/h4-14H,15H2,1-3H3,(H,28,30). The molecule has 0 bridgehead atoms. The molecule has 1 heterocycles. The highest BCUT2D eigenvalue weighted by Gasteiger charge is 2.42. The highest BCUT2D eigenvalue weighted by atomic mass is 35.5. The first-order chi connectivity index (χ1) is 16.1. The fourth-order valence-corrected chi connectivity index (χ4v) is 5.84. The lowest BCUT2D eigenvalue weighted by atomic mass is 10.1. The van der Waals surface area contributed by atoms with E-state index in [0.29, 0.717) is 27.4 Å². The molecule has 0 spiro atoms. The van der Waals surface area contributed by atoms with Gasteiger partial charge in [-0.05, 0) is 67.8 Å². The molecule has 0 atom stereocenters. The molecule has 1 aliphatic heterocycles. The summed E-state index contributed by atoms with van der Waals surface area (Å²) in [6.07, 6.45) is 0. The Balaban J connectivity index is 1.51. The second-order valence-corrected chi connectivity index (χ2v) is 10.5. The third-order valence-electron chi connectivity index (χ3n) is 5.73. The molecule has 3 aromatic carbocycles. The van der Waals surface area contributed by atoms with Crippen molar-refractivity contribution in [1.82, 2.24) is 4.31 Å². The van der Waals surface area contributed by atoms with Gasteiger partial charge in [-0.15, -0.1) is 0 Å². The van der Waals surface area contributed by atoms with E-state index in [9.17, 15) is 18.0 Å². The van der Waals surface area contributed by atoms with Crippen LogP contribution in [0.15, 0.2) is 72.3 Å². The molecule has 6 nitrogen and oxygen atoms in total. The Morgan fingerprint density at radius 2 is 1.59 bits per heavy atom. The molecular formula is C26H23ClN2O4S. The minimum Gasteiger partial charge on any atom is -0.322 e. The van der Waals surface area contributed by atoms with Crippen LogP contribution >= 0.6 is 11.6 Å². The molecule has 4 rings (SSSR count). The van der Waals surface area contributed by atoms with E-state index in [4.69, 9.17) is 11.6 Å². The van der Waals surface area contributed by atoms with Crippen LogP contribution in [0.1, 0.15) is 39.5 Å². The number of hydrogen-bond donors (Lipinski definition) is 1. The lowest BCUT2D eigenvalue weighted by molar-refractivity contribution is -0.122. The van der Waals surface area contributed by atoms with Crippen molar-refractivity contribution >= 4 is 44.0 Å². The Hall–Kier alpha value is -3.42. The first-order valence-corrected chi connectivity index (χ1v) is 12.4. The quantitative estimate of drug-likeness (QED) is 0.520. The lowest BCUT2D eigenvalue weighted by Gasteiger charge is -2.17. The number of carbonyl (C=O) groups excluding carboxylic acids is 2. The van der Waals surface area contributed by atoms with Gasteiger partial charge in [0, 0.05) is 21.8 Å². The van der Waals surface area contributed by atoms with E-state index in [1.807, 2.05) is 26.0 Å². The molecule has 0 aliphatic carbocycles. The maximum Gasteiger partial charge on any atom is 0.268 e. The largest absolute Gasteiger partial charge is 0.322 e. The second-order valence-electron chi connectivity index (χ2n) is 8.25. The zero-order valence-corrected chi connectivity index (χ0v) is 20.5. The molecule has 8 heteroatoms. The molecule has 0 aromatic heterocycles. The fraction of sp³-hybridized carbons (Fsp3) is 0.154. The number of anilines is 1. The fourth-order valence-electron chi connectivity index (χ4n) is 3.81. The van der Waals surface area contributed by atoms with Crippen LogP contribution in [0, 0.1) is 13.8 Å². The summed E-state index contributed by atoms with van der Waals surface area (Å²) in [5.41, 5.74) is 4.16. The number of amides is 2. The summed E-state index contributed by atoms with van der Waals surface area (Å²) < 4.78 is 27.3. The SMILES string of the molecule is CC1=C(c2ccc(C)cc2)S(=O)(=O)N(Cc2ccc(C(=O)Nc3ccc(Cl)cc3C)cc2)C1=O. The predicted octanol–water partition coefficient (Wildman–Crippen LogP) is 5.31. The topological polar surface area (TPSA) is 83.6 Å². The van der Waals surface area contributed by atoms with Gasteiger partial charge in [0.2, 0.25) is 0 Å². The van der Waals surface area contributed by atoms with Crippen molar-refractivity contribution in [3.05, 3.63) is 105 Å². The van der Waals surface area contributed by atoms with E-state index in [0.717, 1.165) is 15.4 Å². The van der Waals surface area contributed by atoms with Gasteiger partial charge in [0.15, 0.2) is 0 Å². The van der Waals surface area contributed by atoms with E-state index in [1.165, 1.54) is 6.92 Å². The second kappa shape index (κ2) is 9.08. The minimum absolute atomic E-state index is 0.0341. The van der Waals surface area contributed by atoms with Crippen LogP contribution in [0.5, 0.6) is 0 Å². The van der Waals surface area contributed by atoms with Crippen molar-refractivity contribution in [2.75, 3.05) is 5.32 Å². The first-order valence-electron chi connectivity index (χ1n) is 10.6. The van der Waals surface area contributed by atoms with Crippen molar-refractivity contribution in [1.29, 1.82) is 0 Å². The van der Waals surface area contributed by atoms with Crippen molar-refractivity contribution < 1.29 is 18.0 Å². The molecule has 34 heavy (non-hydrogen) atoms. The van der Waals surface area contributed by atoms with Crippen molar-refractivity contribution in [2.45, 2.75) is 27.3 Å². The van der Waals surface area contributed by atoms with Crippen molar-refractivity contribution in [3.8, 4) is 0 Å². The lowest BCUT2D eigenvalue weighted by Crippen LogP contribution is -2.30. The van der Waals surface area contributed by atoms with Gasteiger partial charge in [-0.1, -0.05) is 53.6 Å². The predicted molar refractivity (Wildman–Crippen MR) is 134 cm³/mol. The summed E-state index contributed by atoms with van der Waals surface area (Å²) in [6.45, 7) is 5.17. The van der Waals surface area contributed by atoms with E-state index < -0.39 is 15.9 Å². The summed E-state index contributed by atoms with van der Waals surface area (Å²) in [4.78, 5) is 25.5. The van der Waals surface area contributed by atoms with Gasteiger partial charge in [-0.2, -0.15) is 0 Å². The molecule has 2 amide bonds. The molecular weight excluding hydrogens is 472 g/mol. The number of sulfonamides is 1. The van der Waals surface area contributed by atoms with E-state index in [2.05, 4.69) is 5.32 Å². The van der Waals surface area contributed by atoms with Gasteiger partial charge in [0.25, 0.3) is 21.8 Å². The summed E-state index contributed by atoms with van der Waals surface area (Å²) in [5.74, 6) is -0.850. The number of rotatable bonds is 5. The number of aryl methyl sites for hydroxylation is 2. The summed E-state index contributed by atoms with van der Waals surface area (Å²) >= 11 is 5.96. The monoisotopic (exact) mass is 494 g/mol. The number of halogens is 1. The molecule has 0 saturated heterocycles. The summed E-state index contributed by atoms with van der Waals surface area (Å²) in [5, 5.41) is 3.42. The average molecular weight is 495 g/mol. The van der Waals surface area contributed by atoms with Gasteiger partial charge in [-0.25, -0.2) is 12.7 Å². The Bertz CT molecular complexity index is 1430. The van der Waals surface area contributed by atoms with Gasteiger partial charge >= 0.3 is 0 Å². The first kappa shape index (κ1) is 23.7. The van der Waals surface area contributed by atoms with E-state index >= 15 is 0 Å². The number of nitrogens with zero attached hydrogens (tertiary/aromatic N) is 1. The maximum absolute atomic E-state index is 13.2. The van der Waals surface area contributed by atoms with Gasteiger partial charge < -0.3 is 5.32 Å². The number of carbonyl (C=O) groups is 2. The molecule has 3 aromatic rings. The molecule has 1 aliphatic rings. The number of benzene rings is 3. The molecule has 1 N–H and O–H groups in total. The zero-order valence-electron chi connectivity index (χ0n) is 18.9. The van der Waals surface area contributed by atoms with Crippen molar-refractivity contribution in [3.63, 3.8) is 0 Å². The molecule has 0 radical (unpaired) electrons. The Labute approximate surface area is 203 Å². The smallest absolute Gasteiger partial charge is 0.268 e. The number of hydrogen-bond acceptors (Lipinski definition) is 4. The van der Waals surface area contributed by atoms with Crippen LogP contribution in [0.25, 0.3) is 4.91 Å². The third kappa shape index (κ3) is 4.49. The highest BCUT2D eigenvalue weighted by Crippen LogP contribution is 2.36. The van der Waals surface area contributed by atoms with Crippen LogP contribution in [-0.4, -0.2) is 24.5 Å². The average Bonchev–Trinajstić information content (AvgIpc) is 2.96. The number of nitrogens with one attached hydrogen (secondary N) is 1. The normalized spacial score (nSPS) is 15.1. The molecule has 0 saturated carbocycles. The van der Waals surface area contributed by atoms with Crippen LogP contribution in [0.2, 0.25) is 5.02 Å². The Kier molecular flexibility index (Phi) is 6.34. The summed E-state index contributed by atoms with van der Waals surface area (Å²) in [7, 11) is -3.99. The molecule has 0 unspecified atom stereocenters. The highest BCUT2D eigenvalue weighted by molar-refractivity contribution is 7.99. The minimum atomic E-state index is -3.99. The van der Waals surface area contributed by atoms with Gasteiger partial charge in [0.1, 0.15) is 4.91 Å². The van der Waals surface area contributed by atoms with Crippen LogP contribution in [0.4, 0.5) is 5.69 Å². The van der Waals surface area contributed by atoms with Gasteiger partial charge in [-0.3, -0.25) is 9.59 Å². The van der Waals surface area contributed by atoms with Crippen LogP contribution in [0.3, 0.4) is 0 Å². The van der Waals surface area contributed by atoms with Crippen LogP contribution in [-0.2, 0) is 21.4 Å². The van der Waals surface area contributed by atoms with Gasteiger partial charge in [0.05, 0.1) is 6.54 Å². The zero-order chi connectivity index (χ0) is 24.6. The third-order valence-corrected chi connectivity index (χ3v) is 7.90. The Morgan fingerprint density at radius 3 is 2.21 bits per heavy atom. The molecule has 174 valence electrons. The van der Waals surface area contributed by atoms with E-state index in [1.54, 1.807) is 54.6 Å². The van der Waals surface area contributed by atoms with E-state index in [-0.39, 0.29) is 22.9 Å². The summed E-state index contributed by atoms with van der Waals surface area (Å²) in [6, 6.07) is 18.7. The van der Waals surface area contributed by atoms with Crippen molar-refractivity contribution in [2.24, 2.45) is 0 Å². The maximum atomic E-state index is 13.2. The Morgan fingerprint density at radius 1 is 0.941 bits per heavy atom. The van der Waals surface area contributed by atoms with Crippen LogP contribution < -0.4 is 5.32 Å².